The summed E-state index contributed by atoms with van der Waals surface area (Å²) in [7, 11) is 3.71. The Morgan fingerprint density at radius 3 is 2.64 bits per heavy atom. The Labute approximate surface area is 133 Å². The zero-order valence-corrected chi connectivity index (χ0v) is 14.1. The third kappa shape index (κ3) is 4.06. The van der Waals surface area contributed by atoms with E-state index in [0.717, 1.165) is 34.3 Å². The monoisotopic (exact) mass is 323 g/mol. The van der Waals surface area contributed by atoms with E-state index in [0.29, 0.717) is 13.0 Å². The van der Waals surface area contributed by atoms with Gasteiger partial charge in [0.05, 0.1) is 5.69 Å². The van der Waals surface area contributed by atoms with Crippen LogP contribution in [0.2, 0.25) is 0 Å². The number of nitrogens with one attached hydrogen (secondary N) is 1. The summed E-state index contributed by atoms with van der Waals surface area (Å²) in [6, 6.07) is 0. The molecule has 22 heavy (non-hydrogen) atoms. The Hall–Kier alpha value is -1.90. The van der Waals surface area contributed by atoms with Gasteiger partial charge in [0.25, 0.3) is 0 Å². The first-order valence-corrected chi connectivity index (χ1v) is 8.08. The minimum atomic E-state index is 0.0549. The van der Waals surface area contributed by atoms with Crippen LogP contribution in [0.15, 0.2) is 5.16 Å². The van der Waals surface area contributed by atoms with E-state index in [-0.39, 0.29) is 5.91 Å². The standard InChI is InChI=1S/C13H21N7OS/c1-9-11(10(2)19(3)16-9)5-6-12(21)14-7-8-22-13-15-17-18-20(13)4/h5-8H2,1-4H3,(H,14,21). The molecule has 0 saturated carbocycles. The van der Waals surface area contributed by atoms with Gasteiger partial charge < -0.3 is 5.32 Å². The molecular weight excluding hydrogens is 302 g/mol. The van der Waals surface area contributed by atoms with Crippen molar-refractivity contribution in [1.29, 1.82) is 0 Å². The molecule has 0 aliphatic rings. The lowest BCUT2D eigenvalue weighted by Crippen LogP contribution is -2.26. The first-order chi connectivity index (χ1) is 10.5. The van der Waals surface area contributed by atoms with E-state index in [1.165, 1.54) is 11.8 Å². The van der Waals surface area contributed by atoms with Crippen molar-refractivity contribution in [2.45, 2.75) is 31.8 Å². The minimum Gasteiger partial charge on any atom is -0.355 e. The highest BCUT2D eigenvalue weighted by Gasteiger charge is 2.11. The topological polar surface area (TPSA) is 90.5 Å². The first-order valence-electron chi connectivity index (χ1n) is 7.10. The van der Waals surface area contributed by atoms with Crippen LogP contribution >= 0.6 is 11.8 Å². The molecule has 120 valence electrons. The highest BCUT2D eigenvalue weighted by Crippen LogP contribution is 2.14. The Kier molecular flexibility index (Phi) is 5.53. The maximum atomic E-state index is 11.9. The van der Waals surface area contributed by atoms with Crippen molar-refractivity contribution in [2.24, 2.45) is 14.1 Å². The average molecular weight is 323 g/mol. The summed E-state index contributed by atoms with van der Waals surface area (Å²) in [5.41, 5.74) is 3.28. The van der Waals surface area contributed by atoms with Gasteiger partial charge in [0.2, 0.25) is 11.1 Å². The fourth-order valence-electron chi connectivity index (χ4n) is 2.18. The second kappa shape index (κ2) is 7.39. The second-order valence-corrected chi connectivity index (χ2v) is 6.12. The van der Waals surface area contributed by atoms with Crippen LogP contribution in [0.3, 0.4) is 0 Å². The third-order valence-electron chi connectivity index (χ3n) is 3.50. The van der Waals surface area contributed by atoms with Crippen molar-refractivity contribution >= 4 is 17.7 Å². The molecule has 0 fully saturated rings. The lowest BCUT2D eigenvalue weighted by Gasteiger charge is -2.05. The summed E-state index contributed by atoms with van der Waals surface area (Å²) in [6.45, 7) is 4.60. The highest BCUT2D eigenvalue weighted by atomic mass is 32.2. The molecule has 2 heterocycles. The predicted molar refractivity (Wildman–Crippen MR) is 83.5 cm³/mol. The van der Waals surface area contributed by atoms with E-state index in [9.17, 15) is 4.79 Å². The van der Waals surface area contributed by atoms with Crippen molar-refractivity contribution < 1.29 is 4.79 Å². The predicted octanol–water partition coefficient (Wildman–Crippen LogP) is 0.402. The lowest BCUT2D eigenvalue weighted by molar-refractivity contribution is -0.120. The number of tetrazole rings is 1. The zero-order valence-electron chi connectivity index (χ0n) is 13.3. The zero-order chi connectivity index (χ0) is 16.1. The van der Waals surface area contributed by atoms with Crippen LogP contribution < -0.4 is 5.32 Å². The Bertz CT molecular complexity index is 649. The van der Waals surface area contributed by atoms with Gasteiger partial charge in [-0.25, -0.2) is 4.68 Å². The van der Waals surface area contributed by atoms with E-state index in [1.807, 2.05) is 25.6 Å². The summed E-state index contributed by atoms with van der Waals surface area (Å²) in [6.07, 6.45) is 1.20. The van der Waals surface area contributed by atoms with E-state index in [4.69, 9.17) is 0 Å². The SMILES string of the molecule is Cc1nn(C)c(C)c1CCC(=O)NCCSc1nnnn1C. The van der Waals surface area contributed by atoms with Gasteiger partial charge in [0, 0.05) is 38.5 Å². The normalized spacial score (nSPS) is 10.9. The van der Waals surface area contributed by atoms with Crippen molar-refractivity contribution in [2.75, 3.05) is 12.3 Å². The molecule has 1 amide bonds. The van der Waals surface area contributed by atoms with Crippen molar-refractivity contribution in [1.82, 2.24) is 35.3 Å². The summed E-state index contributed by atoms with van der Waals surface area (Å²) >= 11 is 1.52. The van der Waals surface area contributed by atoms with Crippen LogP contribution in [0.4, 0.5) is 0 Å². The Balaban J connectivity index is 1.69. The van der Waals surface area contributed by atoms with Crippen molar-refractivity contribution in [3.05, 3.63) is 17.0 Å². The molecule has 9 heteroatoms. The molecule has 0 aliphatic heterocycles. The second-order valence-electron chi connectivity index (χ2n) is 5.06. The fourth-order valence-corrected chi connectivity index (χ4v) is 2.89. The summed E-state index contributed by atoms with van der Waals surface area (Å²) < 4.78 is 3.47. The molecule has 2 rings (SSSR count). The number of hydrogen-bond acceptors (Lipinski definition) is 6. The van der Waals surface area contributed by atoms with Gasteiger partial charge in [-0.2, -0.15) is 5.10 Å². The molecule has 0 saturated heterocycles. The van der Waals surface area contributed by atoms with Crippen LogP contribution in [0.25, 0.3) is 0 Å². The lowest BCUT2D eigenvalue weighted by atomic mass is 10.1. The van der Waals surface area contributed by atoms with Crippen LogP contribution in [-0.2, 0) is 25.3 Å². The van der Waals surface area contributed by atoms with Gasteiger partial charge in [0.15, 0.2) is 0 Å². The fraction of sp³-hybridized carbons (Fsp3) is 0.615. The number of aryl methyl sites for hydroxylation is 3. The average Bonchev–Trinajstić information content (AvgIpc) is 2.98. The highest BCUT2D eigenvalue weighted by molar-refractivity contribution is 7.99. The molecule has 8 nitrogen and oxygen atoms in total. The number of rotatable bonds is 7. The van der Waals surface area contributed by atoms with Gasteiger partial charge in [0.1, 0.15) is 0 Å². The quantitative estimate of drug-likeness (QED) is 0.586. The number of aromatic nitrogens is 6. The van der Waals surface area contributed by atoms with Crippen LogP contribution in [0, 0.1) is 13.8 Å². The van der Waals surface area contributed by atoms with Gasteiger partial charge in [-0.15, -0.1) is 5.10 Å². The number of carbonyl (C=O) groups is 1. The largest absolute Gasteiger partial charge is 0.355 e. The number of nitrogens with zero attached hydrogens (tertiary/aromatic N) is 6. The van der Waals surface area contributed by atoms with Gasteiger partial charge >= 0.3 is 0 Å². The Morgan fingerprint density at radius 2 is 2.05 bits per heavy atom. The molecule has 1 N–H and O–H groups in total. The molecular formula is C13H21N7OS. The summed E-state index contributed by atoms with van der Waals surface area (Å²) in [5, 5.41) is 19.2. The molecule has 0 atom stereocenters. The van der Waals surface area contributed by atoms with Gasteiger partial charge in [-0.1, -0.05) is 11.8 Å². The van der Waals surface area contributed by atoms with E-state index in [2.05, 4.69) is 25.9 Å². The van der Waals surface area contributed by atoms with E-state index < -0.39 is 0 Å². The summed E-state index contributed by atoms with van der Waals surface area (Å²) in [4.78, 5) is 11.9. The maximum Gasteiger partial charge on any atom is 0.220 e. The van der Waals surface area contributed by atoms with Crippen molar-refractivity contribution in [3.63, 3.8) is 0 Å². The molecule has 0 aliphatic carbocycles. The number of hydrogen-bond donors (Lipinski definition) is 1. The molecule has 0 aromatic carbocycles. The molecule has 0 bridgehead atoms. The van der Waals surface area contributed by atoms with E-state index >= 15 is 0 Å². The third-order valence-corrected chi connectivity index (χ3v) is 4.51. The Morgan fingerprint density at radius 1 is 1.27 bits per heavy atom. The summed E-state index contributed by atoms with van der Waals surface area (Å²) in [5.74, 6) is 0.796. The smallest absolute Gasteiger partial charge is 0.220 e. The van der Waals surface area contributed by atoms with E-state index in [1.54, 1.807) is 11.7 Å². The number of amides is 1. The maximum absolute atomic E-state index is 11.9. The van der Waals surface area contributed by atoms with Crippen LogP contribution in [0.5, 0.6) is 0 Å². The molecule has 2 aromatic rings. The molecule has 0 radical (unpaired) electrons. The van der Waals surface area contributed by atoms with Crippen LogP contribution in [0.1, 0.15) is 23.4 Å². The first kappa shape index (κ1) is 16.5. The molecule has 0 spiro atoms. The minimum absolute atomic E-state index is 0.0549. The van der Waals surface area contributed by atoms with Gasteiger partial charge in [-0.05, 0) is 36.3 Å². The number of carbonyl (C=O) groups excluding carboxylic acids is 1. The van der Waals surface area contributed by atoms with Gasteiger partial charge in [-0.3, -0.25) is 9.48 Å². The molecule has 2 aromatic heterocycles. The van der Waals surface area contributed by atoms with Crippen molar-refractivity contribution in [3.8, 4) is 0 Å². The van der Waals surface area contributed by atoms with Crippen LogP contribution in [-0.4, -0.2) is 48.2 Å². The molecule has 0 unspecified atom stereocenters. The number of thioether (sulfide) groups is 1.